The summed E-state index contributed by atoms with van der Waals surface area (Å²) >= 11 is 0. The van der Waals surface area contributed by atoms with Gasteiger partial charge in [-0.25, -0.2) is 4.79 Å². The molecule has 0 aromatic heterocycles. The van der Waals surface area contributed by atoms with Crippen LogP contribution >= 0.6 is 0 Å². The predicted octanol–water partition coefficient (Wildman–Crippen LogP) is 2.26. The number of carboxylic acids is 1. The lowest BCUT2D eigenvalue weighted by molar-refractivity contribution is -0.385. The number of hydrogen-bond acceptors (Lipinski definition) is 3. The van der Waals surface area contributed by atoms with E-state index in [1.54, 1.807) is 19.1 Å². The van der Waals surface area contributed by atoms with Crippen LogP contribution < -0.4 is 0 Å². The van der Waals surface area contributed by atoms with Crippen molar-refractivity contribution in [2.75, 3.05) is 0 Å². The topological polar surface area (TPSA) is 80.4 Å². The summed E-state index contributed by atoms with van der Waals surface area (Å²) in [6.07, 6.45) is 2.82. The second-order valence-electron chi connectivity index (χ2n) is 3.13. The van der Waals surface area contributed by atoms with Crippen LogP contribution in [0.15, 0.2) is 24.3 Å². The lowest BCUT2D eigenvalue weighted by atomic mass is 10.0. The van der Waals surface area contributed by atoms with Crippen molar-refractivity contribution in [3.05, 3.63) is 45.5 Å². The Morgan fingerprint density at radius 1 is 1.56 bits per heavy atom. The molecular formula is C11H11NO4. The molecular weight excluding hydrogens is 210 g/mol. The van der Waals surface area contributed by atoms with Gasteiger partial charge in [0.2, 0.25) is 0 Å². The summed E-state index contributed by atoms with van der Waals surface area (Å²) in [6, 6.07) is 4.61. The first kappa shape index (κ1) is 11.9. The van der Waals surface area contributed by atoms with Crippen LogP contribution in [-0.2, 0) is 11.2 Å². The fraction of sp³-hybridized carbons (Fsp3) is 0.182. The summed E-state index contributed by atoms with van der Waals surface area (Å²) in [5, 5.41) is 19.2. The third kappa shape index (κ3) is 2.66. The number of aliphatic carboxylic acids is 1. The van der Waals surface area contributed by atoms with Crippen molar-refractivity contribution in [1.82, 2.24) is 0 Å². The molecule has 1 aromatic carbocycles. The van der Waals surface area contributed by atoms with Crippen molar-refractivity contribution in [3.8, 4) is 0 Å². The van der Waals surface area contributed by atoms with E-state index in [0.717, 1.165) is 6.08 Å². The zero-order chi connectivity index (χ0) is 12.1. The van der Waals surface area contributed by atoms with E-state index in [9.17, 15) is 14.9 Å². The molecule has 0 aliphatic carbocycles. The van der Waals surface area contributed by atoms with Crippen LogP contribution in [0.2, 0.25) is 0 Å². The summed E-state index contributed by atoms with van der Waals surface area (Å²) in [5.41, 5.74) is 1.14. The minimum absolute atomic E-state index is 0.0232. The number of hydrogen-bond donors (Lipinski definition) is 1. The Morgan fingerprint density at radius 3 is 2.75 bits per heavy atom. The Balaban J connectivity index is 3.24. The zero-order valence-corrected chi connectivity index (χ0v) is 8.71. The Bertz CT molecular complexity index is 451. The summed E-state index contributed by atoms with van der Waals surface area (Å²) in [7, 11) is 0. The smallest absolute Gasteiger partial charge is 0.328 e. The van der Waals surface area contributed by atoms with Gasteiger partial charge in [0, 0.05) is 17.7 Å². The highest BCUT2D eigenvalue weighted by Gasteiger charge is 2.13. The van der Waals surface area contributed by atoms with Crippen LogP contribution in [0.1, 0.15) is 18.1 Å². The summed E-state index contributed by atoms with van der Waals surface area (Å²) in [4.78, 5) is 20.6. The lowest BCUT2D eigenvalue weighted by Gasteiger charge is -2.03. The molecule has 0 saturated carbocycles. The highest BCUT2D eigenvalue weighted by Crippen LogP contribution is 2.23. The van der Waals surface area contributed by atoms with Crippen molar-refractivity contribution in [2.45, 2.75) is 13.3 Å². The van der Waals surface area contributed by atoms with Crippen molar-refractivity contribution in [3.63, 3.8) is 0 Å². The normalized spacial score (nSPS) is 10.6. The molecule has 0 spiro atoms. The molecule has 0 saturated heterocycles. The maximum Gasteiger partial charge on any atom is 0.328 e. The highest BCUT2D eigenvalue weighted by atomic mass is 16.6. The molecule has 1 rings (SSSR count). The molecule has 0 atom stereocenters. The van der Waals surface area contributed by atoms with Crippen LogP contribution in [0.4, 0.5) is 5.69 Å². The number of carbonyl (C=O) groups is 1. The molecule has 5 heteroatoms. The fourth-order valence-corrected chi connectivity index (χ4v) is 1.47. The second kappa shape index (κ2) is 5.06. The molecule has 0 heterocycles. The minimum Gasteiger partial charge on any atom is -0.478 e. The van der Waals surface area contributed by atoms with Crippen molar-refractivity contribution >= 4 is 17.7 Å². The number of nitro benzene ring substituents is 1. The molecule has 0 aliphatic rings. The molecule has 0 unspecified atom stereocenters. The van der Waals surface area contributed by atoms with E-state index in [4.69, 9.17) is 5.11 Å². The molecule has 5 nitrogen and oxygen atoms in total. The molecule has 84 valence electrons. The maximum absolute atomic E-state index is 10.7. The molecule has 16 heavy (non-hydrogen) atoms. The zero-order valence-electron chi connectivity index (χ0n) is 8.71. The number of nitrogens with zero attached hydrogens (tertiary/aromatic N) is 1. The average Bonchev–Trinajstić information content (AvgIpc) is 2.25. The van der Waals surface area contributed by atoms with Gasteiger partial charge in [-0.05, 0) is 18.1 Å². The van der Waals surface area contributed by atoms with Crippen LogP contribution in [0.3, 0.4) is 0 Å². The van der Waals surface area contributed by atoms with Gasteiger partial charge in [-0.2, -0.15) is 0 Å². The first-order valence-electron chi connectivity index (χ1n) is 4.73. The average molecular weight is 221 g/mol. The minimum atomic E-state index is -1.08. The van der Waals surface area contributed by atoms with Crippen molar-refractivity contribution in [1.29, 1.82) is 0 Å². The van der Waals surface area contributed by atoms with Crippen LogP contribution in [-0.4, -0.2) is 16.0 Å². The number of rotatable bonds is 4. The van der Waals surface area contributed by atoms with E-state index in [1.165, 1.54) is 12.1 Å². The highest BCUT2D eigenvalue weighted by molar-refractivity contribution is 5.85. The van der Waals surface area contributed by atoms with Gasteiger partial charge in [0.05, 0.1) is 4.92 Å². The van der Waals surface area contributed by atoms with Crippen LogP contribution in [0, 0.1) is 10.1 Å². The van der Waals surface area contributed by atoms with Gasteiger partial charge >= 0.3 is 5.97 Å². The monoisotopic (exact) mass is 221 g/mol. The predicted molar refractivity (Wildman–Crippen MR) is 59.1 cm³/mol. The molecule has 1 aromatic rings. The van der Waals surface area contributed by atoms with Crippen LogP contribution in [0.25, 0.3) is 6.08 Å². The molecule has 0 bridgehead atoms. The van der Waals surface area contributed by atoms with Crippen molar-refractivity contribution in [2.24, 2.45) is 0 Å². The van der Waals surface area contributed by atoms with Gasteiger partial charge in [-0.15, -0.1) is 0 Å². The van der Waals surface area contributed by atoms with Gasteiger partial charge in [0.15, 0.2) is 0 Å². The number of benzene rings is 1. The van der Waals surface area contributed by atoms with E-state index in [0.29, 0.717) is 17.5 Å². The van der Waals surface area contributed by atoms with E-state index in [1.807, 2.05) is 0 Å². The largest absolute Gasteiger partial charge is 0.478 e. The first-order chi connectivity index (χ1) is 7.56. The fourth-order valence-electron chi connectivity index (χ4n) is 1.47. The van der Waals surface area contributed by atoms with Gasteiger partial charge in [0.1, 0.15) is 0 Å². The Kier molecular flexibility index (Phi) is 3.77. The third-order valence-electron chi connectivity index (χ3n) is 2.14. The summed E-state index contributed by atoms with van der Waals surface area (Å²) in [5.74, 6) is -1.08. The number of carboxylic acid groups (broad SMARTS) is 1. The Labute approximate surface area is 92.2 Å². The molecule has 0 radical (unpaired) electrons. The van der Waals surface area contributed by atoms with Crippen LogP contribution in [0.5, 0.6) is 0 Å². The second-order valence-corrected chi connectivity index (χ2v) is 3.13. The first-order valence-corrected chi connectivity index (χ1v) is 4.73. The molecule has 0 fully saturated rings. The standard InChI is InChI=1S/C11H11NO4/c1-2-9-8(6-7-11(13)14)4-3-5-10(9)12(15)16/h3-7H,2H2,1H3,(H,13,14). The molecule has 0 amide bonds. The lowest BCUT2D eigenvalue weighted by Crippen LogP contribution is -1.97. The van der Waals surface area contributed by atoms with E-state index < -0.39 is 10.9 Å². The summed E-state index contributed by atoms with van der Waals surface area (Å²) < 4.78 is 0. The van der Waals surface area contributed by atoms with Gasteiger partial charge < -0.3 is 5.11 Å². The SMILES string of the molecule is CCc1c(C=CC(=O)O)cccc1[N+](=O)[O-]. The van der Waals surface area contributed by atoms with E-state index in [2.05, 4.69) is 0 Å². The Hall–Kier alpha value is -2.17. The van der Waals surface area contributed by atoms with E-state index >= 15 is 0 Å². The van der Waals surface area contributed by atoms with Crippen molar-refractivity contribution < 1.29 is 14.8 Å². The Morgan fingerprint density at radius 2 is 2.25 bits per heavy atom. The van der Waals surface area contributed by atoms with Gasteiger partial charge in [-0.3, -0.25) is 10.1 Å². The number of nitro groups is 1. The molecule has 0 aliphatic heterocycles. The maximum atomic E-state index is 10.7. The molecule has 1 N–H and O–H groups in total. The third-order valence-corrected chi connectivity index (χ3v) is 2.14. The van der Waals surface area contributed by atoms with Gasteiger partial charge in [0.25, 0.3) is 5.69 Å². The van der Waals surface area contributed by atoms with Gasteiger partial charge in [-0.1, -0.05) is 19.1 Å². The quantitative estimate of drug-likeness (QED) is 0.480. The summed E-state index contributed by atoms with van der Waals surface area (Å²) in [6.45, 7) is 1.79. The van der Waals surface area contributed by atoms with E-state index in [-0.39, 0.29) is 5.69 Å².